The van der Waals surface area contributed by atoms with Gasteiger partial charge in [0.1, 0.15) is 6.23 Å². The van der Waals surface area contributed by atoms with E-state index >= 15 is 0 Å². The third-order valence-electron chi connectivity index (χ3n) is 3.10. The summed E-state index contributed by atoms with van der Waals surface area (Å²) in [6, 6.07) is 5.60. The molecule has 20 heavy (non-hydrogen) atoms. The van der Waals surface area contributed by atoms with Gasteiger partial charge in [-0.2, -0.15) is 0 Å². The normalized spacial score (nSPS) is 19.1. The summed E-state index contributed by atoms with van der Waals surface area (Å²) in [5, 5.41) is 3.13. The molecule has 1 aromatic carbocycles. The van der Waals surface area contributed by atoms with Crippen molar-refractivity contribution < 1.29 is 14.3 Å². The lowest BCUT2D eigenvalue weighted by Gasteiger charge is -2.28. The number of hydrogen-bond acceptors (Lipinski definition) is 5. The fourth-order valence-corrected chi connectivity index (χ4v) is 1.95. The minimum absolute atomic E-state index is 0.354. The van der Waals surface area contributed by atoms with Crippen LogP contribution in [0.4, 0.5) is 5.69 Å². The van der Waals surface area contributed by atoms with Crippen molar-refractivity contribution in [3.05, 3.63) is 53.6 Å². The van der Waals surface area contributed by atoms with E-state index in [0.717, 1.165) is 11.3 Å². The maximum atomic E-state index is 12.0. The Labute approximate surface area is 118 Å². The molecule has 2 unspecified atom stereocenters. The van der Waals surface area contributed by atoms with Crippen LogP contribution in [0.15, 0.2) is 42.5 Å². The Hall–Kier alpha value is -2.11. The van der Waals surface area contributed by atoms with Crippen molar-refractivity contribution in [3.63, 3.8) is 0 Å². The number of rotatable bonds is 4. The van der Waals surface area contributed by atoms with Crippen LogP contribution in [0.3, 0.4) is 0 Å². The molecule has 0 saturated heterocycles. The van der Waals surface area contributed by atoms with Crippen molar-refractivity contribution in [1.82, 2.24) is 0 Å². The molecule has 0 saturated carbocycles. The van der Waals surface area contributed by atoms with Gasteiger partial charge in [-0.05, 0) is 24.6 Å². The second-order valence-corrected chi connectivity index (χ2v) is 4.56. The molecule has 0 bridgehead atoms. The molecule has 5 nitrogen and oxygen atoms in total. The van der Waals surface area contributed by atoms with E-state index in [-0.39, 0.29) is 5.97 Å². The van der Waals surface area contributed by atoms with Gasteiger partial charge in [0, 0.05) is 12.7 Å². The van der Waals surface area contributed by atoms with E-state index in [1.807, 2.05) is 25.1 Å². The SMILES string of the molecule is C=C(/C=C\C(N)OC)C1Nc2cccc(C)c2C(=O)O1. The zero-order valence-corrected chi connectivity index (χ0v) is 11.6. The van der Waals surface area contributed by atoms with Gasteiger partial charge >= 0.3 is 5.97 Å². The average Bonchev–Trinajstić information content (AvgIpc) is 2.43. The van der Waals surface area contributed by atoms with Crippen molar-refractivity contribution in [2.75, 3.05) is 12.4 Å². The Bertz CT molecular complexity index is 566. The summed E-state index contributed by atoms with van der Waals surface area (Å²) < 4.78 is 10.2. The van der Waals surface area contributed by atoms with Crippen LogP contribution >= 0.6 is 0 Å². The van der Waals surface area contributed by atoms with E-state index in [1.165, 1.54) is 7.11 Å². The number of carbonyl (C=O) groups is 1. The number of carbonyl (C=O) groups excluding carboxylic acids is 1. The van der Waals surface area contributed by atoms with Gasteiger partial charge in [-0.15, -0.1) is 0 Å². The molecule has 5 heteroatoms. The molecule has 0 radical (unpaired) electrons. The minimum Gasteiger partial charge on any atom is -0.434 e. The van der Waals surface area contributed by atoms with Crippen LogP contribution in [-0.2, 0) is 9.47 Å². The smallest absolute Gasteiger partial charge is 0.342 e. The molecule has 2 rings (SSSR count). The monoisotopic (exact) mass is 274 g/mol. The second-order valence-electron chi connectivity index (χ2n) is 4.56. The van der Waals surface area contributed by atoms with Crippen molar-refractivity contribution in [3.8, 4) is 0 Å². The maximum absolute atomic E-state index is 12.0. The number of nitrogens with one attached hydrogen (secondary N) is 1. The van der Waals surface area contributed by atoms with Crippen LogP contribution in [0.1, 0.15) is 15.9 Å². The summed E-state index contributed by atoms with van der Waals surface area (Å²) in [5.41, 5.74) is 8.38. The highest BCUT2D eigenvalue weighted by Gasteiger charge is 2.27. The zero-order valence-electron chi connectivity index (χ0n) is 11.6. The number of fused-ring (bicyclic) bond motifs is 1. The molecule has 0 fully saturated rings. The van der Waals surface area contributed by atoms with E-state index in [1.54, 1.807) is 12.2 Å². The number of esters is 1. The molecule has 1 heterocycles. The standard InChI is InChI=1S/C15H18N2O3/c1-9-5-4-6-11-13(9)15(18)20-14(17-11)10(2)7-8-12(16)19-3/h4-8,12,14,17H,2,16H2,1,3H3/b8-7-. The van der Waals surface area contributed by atoms with Crippen LogP contribution < -0.4 is 11.1 Å². The number of benzene rings is 1. The number of anilines is 1. The first kappa shape index (κ1) is 14.3. The number of hydrogen-bond donors (Lipinski definition) is 2. The number of ether oxygens (including phenoxy) is 2. The first-order chi connectivity index (χ1) is 9.52. The summed E-state index contributed by atoms with van der Waals surface area (Å²) >= 11 is 0. The van der Waals surface area contributed by atoms with Gasteiger partial charge in [0.25, 0.3) is 0 Å². The average molecular weight is 274 g/mol. The van der Waals surface area contributed by atoms with Gasteiger partial charge in [-0.25, -0.2) is 4.79 Å². The van der Waals surface area contributed by atoms with E-state index in [2.05, 4.69) is 11.9 Å². The van der Waals surface area contributed by atoms with Gasteiger partial charge in [0.2, 0.25) is 0 Å². The van der Waals surface area contributed by atoms with Gasteiger partial charge < -0.3 is 20.5 Å². The molecule has 1 aromatic rings. The molecular formula is C15H18N2O3. The van der Waals surface area contributed by atoms with Gasteiger partial charge in [0.15, 0.2) is 6.23 Å². The predicted octanol–water partition coefficient (Wildman–Crippen LogP) is 1.95. The quantitative estimate of drug-likeness (QED) is 0.499. The lowest BCUT2D eigenvalue weighted by Crippen LogP contribution is -2.33. The van der Waals surface area contributed by atoms with Gasteiger partial charge in [-0.1, -0.05) is 24.8 Å². The van der Waals surface area contributed by atoms with Crippen LogP contribution in [-0.4, -0.2) is 25.5 Å². The molecule has 0 amide bonds. The fourth-order valence-electron chi connectivity index (χ4n) is 1.95. The summed E-state index contributed by atoms with van der Waals surface area (Å²) in [4.78, 5) is 12.0. The van der Waals surface area contributed by atoms with Crippen LogP contribution in [0.2, 0.25) is 0 Å². The highest BCUT2D eigenvalue weighted by molar-refractivity contribution is 5.99. The van der Waals surface area contributed by atoms with Gasteiger partial charge in [0.05, 0.1) is 11.3 Å². The highest BCUT2D eigenvalue weighted by atomic mass is 16.6. The molecule has 0 spiro atoms. The number of methoxy groups -OCH3 is 1. The van der Waals surface area contributed by atoms with E-state index in [9.17, 15) is 4.79 Å². The lowest BCUT2D eigenvalue weighted by molar-refractivity contribution is 0.0403. The van der Waals surface area contributed by atoms with E-state index < -0.39 is 12.5 Å². The largest absolute Gasteiger partial charge is 0.434 e. The Morgan fingerprint density at radius 1 is 1.60 bits per heavy atom. The Balaban J connectivity index is 2.17. The molecule has 0 aliphatic carbocycles. The molecule has 1 aliphatic rings. The Morgan fingerprint density at radius 2 is 2.35 bits per heavy atom. The molecule has 106 valence electrons. The third-order valence-corrected chi connectivity index (χ3v) is 3.10. The topological polar surface area (TPSA) is 73.6 Å². The van der Waals surface area contributed by atoms with Crippen molar-refractivity contribution in [2.45, 2.75) is 19.4 Å². The first-order valence-corrected chi connectivity index (χ1v) is 6.25. The fraction of sp³-hybridized carbons (Fsp3) is 0.267. The zero-order chi connectivity index (χ0) is 14.7. The minimum atomic E-state index is -0.600. The Morgan fingerprint density at radius 3 is 3.05 bits per heavy atom. The molecule has 0 aromatic heterocycles. The van der Waals surface area contributed by atoms with E-state index in [0.29, 0.717) is 11.1 Å². The van der Waals surface area contributed by atoms with Crippen molar-refractivity contribution in [1.29, 1.82) is 0 Å². The lowest BCUT2D eigenvalue weighted by atomic mass is 10.0. The maximum Gasteiger partial charge on any atom is 0.342 e. The number of nitrogens with two attached hydrogens (primary N) is 1. The summed E-state index contributed by atoms with van der Waals surface area (Å²) in [6.07, 6.45) is 2.21. The molecular weight excluding hydrogens is 256 g/mol. The van der Waals surface area contributed by atoms with E-state index in [4.69, 9.17) is 15.2 Å². The predicted molar refractivity (Wildman–Crippen MR) is 77.3 cm³/mol. The third kappa shape index (κ3) is 2.89. The summed E-state index contributed by atoms with van der Waals surface area (Å²) in [7, 11) is 1.51. The van der Waals surface area contributed by atoms with Crippen molar-refractivity contribution in [2.24, 2.45) is 5.73 Å². The highest BCUT2D eigenvalue weighted by Crippen LogP contribution is 2.28. The van der Waals surface area contributed by atoms with Gasteiger partial charge in [-0.3, -0.25) is 0 Å². The number of cyclic esters (lactones) is 1. The number of aryl methyl sites for hydroxylation is 1. The molecule has 2 atom stereocenters. The van der Waals surface area contributed by atoms with Crippen molar-refractivity contribution >= 4 is 11.7 Å². The second kappa shape index (κ2) is 5.90. The Kier molecular flexibility index (Phi) is 4.22. The summed E-state index contributed by atoms with van der Waals surface area (Å²) in [5.74, 6) is -0.354. The molecule has 3 N–H and O–H groups in total. The van der Waals surface area contributed by atoms with Crippen LogP contribution in [0, 0.1) is 6.92 Å². The molecule has 1 aliphatic heterocycles. The van der Waals surface area contributed by atoms with Crippen LogP contribution in [0.5, 0.6) is 0 Å². The van der Waals surface area contributed by atoms with Crippen LogP contribution in [0.25, 0.3) is 0 Å². The summed E-state index contributed by atoms with van der Waals surface area (Å²) in [6.45, 7) is 5.75. The first-order valence-electron chi connectivity index (χ1n) is 6.25.